The minimum atomic E-state index is 0.205. The van der Waals surface area contributed by atoms with E-state index >= 15 is 0 Å². The van der Waals surface area contributed by atoms with Gasteiger partial charge in [0.25, 0.3) is 0 Å². The lowest BCUT2D eigenvalue weighted by atomic mass is 10.1. The molecule has 2 heterocycles. The monoisotopic (exact) mass is 308 g/mol. The van der Waals surface area contributed by atoms with Crippen molar-refractivity contribution in [2.24, 2.45) is 0 Å². The Labute approximate surface area is 133 Å². The fraction of sp³-hybridized carbons (Fsp3) is 0.167. The van der Waals surface area contributed by atoms with Crippen molar-refractivity contribution < 1.29 is 14.6 Å². The van der Waals surface area contributed by atoms with Crippen molar-refractivity contribution in [2.45, 2.75) is 0 Å². The molecule has 116 valence electrons. The maximum Gasteiger partial charge on any atom is 0.163 e. The first-order valence-corrected chi connectivity index (χ1v) is 7.47. The molecule has 0 aliphatic carbocycles. The average Bonchev–Trinajstić information content (AvgIpc) is 2.90. The van der Waals surface area contributed by atoms with Gasteiger partial charge < -0.3 is 19.5 Å². The Hall–Kier alpha value is -2.95. The van der Waals surface area contributed by atoms with Crippen molar-refractivity contribution in [1.82, 2.24) is 0 Å². The van der Waals surface area contributed by atoms with Gasteiger partial charge in [-0.15, -0.1) is 0 Å². The Morgan fingerprint density at radius 1 is 0.957 bits per heavy atom. The van der Waals surface area contributed by atoms with E-state index in [1.807, 2.05) is 48.5 Å². The third kappa shape index (κ3) is 2.30. The molecular weight excluding hydrogens is 292 g/mol. The van der Waals surface area contributed by atoms with Crippen LogP contribution in [-0.4, -0.2) is 30.7 Å². The predicted molar refractivity (Wildman–Crippen MR) is 88.5 cm³/mol. The number of hydrogen-bond acceptors (Lipinski definition) is 4. The van der Waals surface area contributed by atoms with E-state index in [4.69, 9.17) is 14.9 Å². The summed E-state index contributed by atoms with van der Waals surface area (Å²) in [5.74, 6) is 1.88. The molecular formula is C18H16N2O3. The highest BCUT2D eigenvalue weighted by atomic mass is 16.6. The minimum Gasteiger partial charge on any atom is -0.510 e. The SMILES string of the molecule is N=C1C(c2ccccc2)=C(O)CN1c1ccc2c(c1)OCCO2. The van der Waals surface area contributed by atoms with E-state index in [-0.39, 0.29) is 18.1 Å². The summed E-state index contributed by atoms with van der Waals surface area (Å²) in [6.07, 6.45) is 0. The Morgan fingerprint density at radius 3 is 2.48 bits per heavy atom. The van der Waals surface area contributed by atoms with Crippen LogP contribution in [-0.2, 0) is 0 Å². The van der Waals surface area contributed by atoms with Crippen molar-refractivity contribution in [3.63, 3.8) is 0 Å². The molecule has 0 saturated carbocycles. The summed E-state index contributed by atoms with van der Waals surface area (Å²) in [6.45, 7) is 1.35. The third-order valence-electron chi connectivity index (χ3n) is 4.00. The highest BCUT2D eigenvalue weighted by Gasteiger charge is 2.30. The van der Waals surface area contributed by atoms with Gasteiger partial charge in [0.05, 0.1) is 12.1 Å². The number of anilines is 1. The number of nitrogens with zero attached hydrogens (tertiary/aromatic N) is 1. The van der Waals surface area contributed by atoms with Crippen LogP contribution in [0.2, 0.25) is 0 Å². The zero-order valence-electron chi connectivity index (χ0n) is 12.5. The smallest absolute Gasteiger partial charge is 0.163 e. The molecule has 0 radical (unpaired) electrons. The Morgan fingerprint density at radius 2 is 1.70 bits per heavy atom. The highest BCUT2D eigenvalue weighted by molar-refractivity contribution is 6.30. The molecule has 0 spiro atoms. The van der Waals surface area contributed by atoms with Gasteiger partial charge in [-0.05, 0) is 17.7 Å². The van der Waals surface area contributed by atoms with Crippen molar-refractivity contribution >= 4 is 17.1 Å². The molecule has 23 heavy (non-hydrogen) atoms. The van der Waals surface area contributed by atoms with Gasteiger partial charge in [0.15, 0.2) is 11.5 Å². The summed E-state index contributed by atoms with van der Waals surface area (Å²) >= 11 is 0. The number of aliphatic hydroxyl groups is 1. The van der Waals surface area contributed by atoms with Gasteiger partial charge >= 0.3 is 0 Å². The third-order valence-corrected chi connectivity index (χ3v) is 4.00. The minimum absolute atomic E-state index is 0.205. The van der Waals surface area contributed by atoms with Gasteiger partial charge in [-0.25, -0.2) is 0 Å². The van der Waals surface area contributed by atoms with Crippen molar-refractivity contribution in [3.8, 4) is 11.5 Å². The van der Waals surface area contributed by atoms with Gasteiger partial charge in [-0.1, -0.05) is 30.3 Å². The van der Waals surface area contributed by atoms with E-state index in [9.17, 15) is 5.11 Å². The molecule has 0 amide bonds. The first-order chi connectivity index (χ1) is 11.2. The van der Waals surface area contributed by atoms with Crippen LogP contribution in [0.5, 0.6) is 11.5 Å². The van der Waals surface area contributed by atoms with Gasteiger partial charge in [-0.3, -0.25) is 5.41 Å². The van der Waals surface area contributed by atoms with Crippen LogP contribution < -0.4 is 14.4 Å². The van der Waals surface area contributed by atoms with Gasteiger partial charge in [0.1, 0.15) is 24.8 Å². The predicted octanol–water partition coefficient (Wildman–Crippen LogP) is 3.22. The Balaban J connectivity index is 1.67. The van der Waals surface area contributed by atoms with Crippen LogP contribution in [0.15, 0.2) is 54.3 Å². The van der Waals surface area contributed by atoms with Crippen molar-refractivity contribution in [2.75, 3.05) is 24.7 Å². The number of hydrogen-bond donors (Lipinski definition) is 2. The van der Waals surface area contributed by atoms with E-state index in [1.54, 1.807) is 4.90 Å². The number of benzene rings is 2. The van der Waals surface area contributed by atoms with E-state index in [0.717, 1.165) is 11.3 Å². The largest absolute Gasteiger partial charge is 0.510 e. The van der Waals surface area contributed by atoms with E-state index in [2.05, 4.69) is 0 Å². The number of fused-ring (bicyclic) bond motifs is 1. The average molecular weight is 308 g/mol. The van der Waals surface area contributed by atoms with Gasteiger partial charge in [-0.2, -0.15) is 0 Å². The topological polar surface area (TPSA) is 65.8 Å². The van der Waals surface area contributed by atoms with Crippen LogP contribution in [0.4, 0.5) is 5.69 Å². The van der Waals surface area contributed by atoms with Crippen LogP contribution in [0.3, 0.4) is 0 Å². The number of ether oxygens (including phenoxy) is 2. The molecule has 2 aliphatic heterocycles. The summed E-state index contributed by atoms with van der Waals surface area (Å²) < 4.78 is 11.1. The summed E-state index contributed by atoms with van der Waals surface area (Å²) in [4.78, 5) is 1.76. The molecule has 2 aromatic rings. The van der Waals surface area contributed by atoms with Crippen molar-refractivity contribution in [1.29, 1.82) is 5.41 Å². The second-order valence-electron chi connectivity index (χ2n) is 5.45. The number of rotatable bonds is 2. The second-order valence-corrected chi connectivity index (χ2v) is 5.45. The molecule has 4 rings (SSSR count). The number of nitrogens with one attached hydrogen (secondary N) is 1. The Bertz CT molecular complexity index is 799. The second kappa shape index (κ2) is 5.35. The molecule has 0 aromatic heterocycles. The summed E-state index contributed by atoms with van der Waals surface area (Å²) in [6, 6.07) is 15.1. The lowest BCUT2D eigenvalue weighted by Crippen LogP contribution is -2.26. The maximum atomic E-state index is 10.3. The molecule has 0 unspecified atom stereocenters. The van der Waals surface area contributed by atoms with Crippen molar-refractivity contribution in [3.05, 3.63) is 59.9 Å². The molecule has 5 heteroatoms. The number of amidine groups is 1. The molecule has 0 atom stereocenters. The van der Waals surface area contributed by atoms with E-state index < -0.39 is 0 Å². The molecule has 0 bridgehead atoms. The lowest BCUT2D eigenvalue weighted by Gasteiger charge is -2.23. The fourth-order valence-electron chi connectivity index (χ4n) is 2.91. The van der Waals surface area contributed by atoms with E-state index in [1.165, 1.54) is 0 Å². The highest BCUT2D eigenvalue weighted by Crippen LogP contribution is 2.37. The van der Waals surface area contributed by atoms with Crippen LogP contribution in [0, 0.1) is 5.41 Å². The first kappa shape index (κ1) is 13.7. The maximum absolute atomic E-state index is 10.3. The Kier molecular flexibility index (Phi) is 3.19. The normalized spacial score (nSPS) is 16.9. The standard InChI is InChI=1S/C18H16N2O3/c19-18-17(12-4-2-1-3-5-12)14(21)11-20(18)13-6-7-15-16(10-13)23-9-8-22-15/h1-7,10,19,21H,8-9,11H2. The molecule has 0 saturated heterocycles. The zero-order valence-corrected chi connectivity index (χ0v) is 12.5. The molecule has 0 fully saturated rings. The molecule has 5 nitrogen and oxygen atoms in total. The first-order valence-electron chi connectivity index (χ1n) is 7.47. The van der Waals surface area contributed by atoms with Crippen LogP contribution in [0.1, 0.15) is 5.56 Å². The summed E-state index contributed by atoms with van der Waals surface area (Å²) in [5.41, 5.74) is 2.22. The van der Waals surface area contributed by atoms with Gasteiger partial charge in [0, 0.05) is 11.8 Å². The summed E-state index contributed by atoms with van der Waals surface area (Å²) in [7, 11) is 0. The van der Waals surface area contributed by atoms with Crippen LogP contribution >= 0.6 is 0 Å². The van der Waals surface area contributed by atoms with Crippen LogP contribution in [0.25, 0.3) is 5.57 Å². The van der Waals surface area contributed by atoms with E-state index in [0.29, 0.717) is 30.3 Å². The molecule has 2 N–H and O–H groups in total. The van der Waals surface area contributed by atoms with Gasteiger partial charge in [0.2, 0.25) is 0 Å². The lowest BCUT2D eigenvalue weighted by molar-refractivity contribution is 0.171. The quantitative estimate of drug-likeness (QED) is 0.894. The number of aliphatic hydroxyl groups excluding tert-OH is 1. The molecule has 2 aromatic carbocycles. The zero-order chi connectivity index (χ0) is 15.8. The summed E-state index contributed by atoms with van der Waals surface area (Å²) in [5, 5.41) is 18.8. The molecule has 2 aliphatic rings. The fourth-order valence-corrected chi connectivity index (χ4v) is 2.91.